The molecule has 0 bridgehead atoms. The maximum atomic E-state index is 11.9. The third-order valence-electron chi connectivity index (χ3n) is 2.94. The Kier molecular flexibility index (Phi) is 5.09. The third kappa shape index (κ3) is 4.38. The SMILES string of the molecule is O=S(=O)(NCCC1CCCCO1)c1cnc(Cl)nc1. The standard InChI is InChI=1S/C11H16ClN3O3S/c12-11-13-7-10(8-14-11)19(16,17)15-5-4-9-3-1-2-6-18-9/h7-9,15H,1-6H2. The fraction of sp³-hybridized carbons (Fsp3) is 0.636. The van der Waals surface area contributed by atoms with E-state index in [0.717, 1.165) is 25.9 Å². The van der Waals surface area contributed by atoms with E-state index in [2.05, 4.69) is 14.7 Å². The van der Waals surface area contributed by atoms with Crippen LogP contribution in [0.5, 0.6) is 0 Å². The smallest absolute Gasteiger partial charge is 0.243 e. The number of hydrogen-bond donors (Lipinski definition) is 1. The second-order valence-electron chi connectivity index (χ2n) is 4.36. The number of rotatable bonds is 5. The number of nitrogens with one attached hydrogen (secondary N) is 1. The first kappa shape index (κ1) is 14.6. The third-order valence-corrected chi connectivity index (χ3v) is 4.55. The molecule has 2 rings (SSSR count). The maximum Gasteiger partial charge on any atom is 0.243 e. The Morgan fingerprint density at radius 2 is 2.11 bits per heavy atom. The lowest BCUT2D eigenvalue weighted by atomic mass is 10.1. The van der Waals surface area contributed by atoms with Crippen LogP contribution >= 0.6 is 11.6 Å². The van der Waals surface area contributed by atoms with Gasteiger partial charge in [-0.1, -0.05) is 0 Å². The molecule has 0 aliphatic carbocycles. The number of hydrogen-bond acceptors (Lipinski definition) is 5. The van der Waals surface area contributed by atoms with Crippen molar-refractivity contribution in [1.29, 1.82) is 0 Å². The van der Waals surface area contributed by atoms with E-state index in [-0.39, 0.29) is 16.3 Å². The molecule has 8 heteroatoms. The molecule has 0 amide bonds. The Bertz CT molecular complexity index is 500. The molecule has 0 radical (unpaired) electrons. The minimum atomic E-state index is -3.57. The van der Waals surface area contributed by atoms with Gasteiger partial charge in [-0.3, -0.25) is 0 Å². The molecule has 6 nitrogen and oxygen atoms in total. The lowest BCUT2D eigenvalue weighted by molar-refractivity contribution is 0.0123. The number of ether oxygens (including phenoxy) is 1. The van der Waals surface area contributed by atoms with E-state index in [1.807, 2.05) is 0 Å². The van der Waals surface area contributed by atoms with Crippen LogP contribution in [0, 0.1) is 0 Å². The predicted octanol–water partition coefficient (Wildman–Crippen LogP) is 1.37. The van der Waals surface area contributed by atoms with Crippen molar-refractivity contribution in [3.63, 3.8) is 0 Å². The van der Waals surface area contributed by atoms with E-state index in [4.69, 9.17) is 16.3 Å². The molecule has 1 aliphatic heterocycles. The molecule has 19 heavy (non-hydrogen) atoms. The van der Waals surface area contributed by atoms with Gasteiger partial charge in [0.05, 0.1) is 18.5 Å². The van der Waals surface area contributed by atoms with Crippen molar-refractivity contribution < 1.29 is 13.2 Å². The zero-order chi connectivity index (χ0) is 13.7. The average Bonchev–Trinajstić information content (AvgIpc) is 2.40. The van der Waals surface area contributed by atoms with Gasteiger partial charge in [0.1, 0.15) is 4.90 Å². The fourth-order valence-electron chi connectivity index (χ4n) is 1.91. The Morgan fingerprint density at radius 3 is 2.74 bits per heavy atom. The van der Waals surface area contributed by atoms with E-state index in [0.29, 0.717) is 13.0 Å². The van der Waals surface area contributed by atoms with E-state index < -0.39 is 10.0 Å². The van der Waals surface area contributed by atoms with Crippen LogP contribution in [0.3, 0.4) is 0 Å². The van der Waals surface area contributed by atoms with E-state index >= 15 is 0 Å². The summed E-state index contributed by atoms with van der Waals surface area (Å²) in [6, 6.07) is 0. The van der Waals surface area contributed by atoms with Crippen molar-refractivity contribution in [2.45, 2.75) is 36.7 Å². The molecule has 1 aromatic rings. The van der Waals surface area contributed by atoms with Crippen molar-refractivity contribution in [3.8, 4) is 0 Å². The van der Waals surface area contributed by atoms with E-state index in [9.17, 15) is 8.42 Å². The Hall–Kier alpha value is -0.760. The summed E-state index contributed by atoms with van der Waals surface area (Å²) in [6.45, 7) is 1.11. The van der Waals surface area contributed by atoms with Crippen LogP contribution in [0.1, 0.15) is 25.7 Å². The first-order valence-corrected chi connectivity index (χ1v) is 8.03. The van der Waals surface area contributed by atoms with Crippen LogP contribution in [0.2, 0.25) is 5.28 Å². The molecule has 1 saturated heterocycles. The van der Waals surface area contributed by atoms with Gasteiger partial charge < -0.3 is 4.74 Å². The van der Waals surface area contributed by atoms with Crippen molar-refractivity contribution in [1.82, 2.24) is 14.7 Å². The maximum absolute atomic E-state index is 11.9. The van der Waals surface area contributed by atoms with Crippen LogP contribution in [0.25, 0.3) is 0 Å². The van der Waals surface area contributed by atoms with Gasteiger partial charge in [0.15, 0.2) is 0 Å². The van der Waals surface area contributed by atoms with Gasteiger partial charge >= 0.3 is 0 Å². The molecule has 1 aliphatic rings. The van der Waals surface area contributed by atoms with Crippen molar-refractivity contribution >= 4 is 21.6 Å². The molecule has 1 N–H and O–H groups in total. The number of halogens is 1. The second-order valence-corrected chi connectivity index (χ2v) is 6.47. The normalized spacial score (nSPS) is 20.4. The second kappa shape index (κ2) is 6.60. The Morgan fingerprint density at radius 1 is 1.37 bits per heavy atom. The minimum Gasteiger partial charge on any atom is -0.378 e. The zero-order valence-corrected chi connectivity index (χ0v) is 12.0. The highest BCUT2D eigenvalue weighted by Gasteiger charge is 2.17. The van der Waals surface area contributed by atoms with Crippen LogP contribution < -0.4 is 4.72 Å². The van der Waals surface area contributed by atoms with Gasteiger partial charge in [-0.15, -0.1) is 0 Å². The van der Waals surface area contributed by atoms with Gasteiger partial charge in [0.25, 0.3) is 0 Å². The molecular formula is C11H16ClN3O3S. The van der Waals surface area contributed by atoms with Gasteiger partial charge in [0, 0.05) is 13.2 Å². The average molecular weight is 306 g/mol. The number of nitrogens with zero attached hydrogens (tertiary/aromatic N) is 2. The quantitative estimate of drug-likeness (QED) is 0.831. The van der Waals surface area contributed by atoms with E-state index in [1.54, 1.807) is 0 Å². The minimum absolute atomic E-state index is 0.0152. The lowest BCUT2D eigenvalue weighted by Crippen LogP contribution is -2.29. The molecule has 1 unspecified atom stereocenters. The molecule has 0 spiro atoms. The Labute approximate surface area is 117 Å². The van der Waals surface area contributed by atoms with Crippen LogP contribution in [-0.4, -0.2) is 37.6 Å². The largest absolute Gasteiger partial charge is 0.378 e. The van der Waals surface area contributed by atoms with Gasteiger partial charge in [-0.25, -0.2) is 23.1 Å². The van der Waals surface area contributed by atoms with Crippen LogP contribution in [0.4, 0.5) is 0 Å². The molecule has 1 fully saturated rings. The van der Waals surface area contributed by atoms with Gasteiger partial charge in [0.2, 0.25) is 15.3 Å². The molecule has 2 heterocycles. The fourth-order valence-corrected chi connectivity index (χ4v) is 2.95. The molecule has 1 atom stereocenters. The monoisotopic (exact) mass is 305 g/mol. The summed E-state index contributed by atoms with van der Waals surface area (Å²) >= 11 is 5.51. The molecule has 106 valence electrons. The number of sulfonamides is 1. The molecule has 0 saturated carbocycles. The van der Waals surface area contributed by atoms with E-state index in [1.165, 1.54) is 12.4 Å². The topological polar surface area (TPSA) is 81.2 Å². The highest BCUT2D eigenvalue weighted by Crippen LogP contribution is 2.15. The zero-order valence-electron chi connectivity index (χ0n) is 10.4. The highest BCUT2D eigenvalue weighted by molar-refractivity contribution is 7.89. The van der Waals surface area contributed by atoms with Crippen molar-refractivity contribution in [2.75, 3.05) is 13.2 Å². The lowest BCUT2D eigenvalue weighted by Gasteiger charge is -2.22. The summed E-state index contributed by atoms with van der Waals surface area (Å²) in [5.74, 6) is 0. The predicted molar refractivity (Wildman–Crippen MR) is 70.4 cm³/mol. The summed E-state index contributed by atoms with van der Waals surface area (Å²) in [7, 11) is -3.57. The van der Waals surface area contributed by atoms with Crippen molar-refractivity contribution in [3.05, 3.63) is 17.7 Å². The summed E-state index contributed by atoms with van der Waals surface area (Å²) < 4.78 is 31.9. The Balaban J connectivity index is 1.85. The van der Waals surface area contributed by atoms with Crippen molar-refractivity contribution in [2.24, 2.45) is 0 Å². The first-order valence-electron chi connectivity index (χ1n) is 6.17. The van der Waals surface area contributed by atoms with Gasteiger partial charge in [-0.2, -0.15) is 0 Å². The summed E-state index contributed by atoms with van der Waals surface area (Å²) in [6.07, 6.45) is 6.42. The molecular weight excluding hydrogens is 290 g/mol. The van der Waals surface area contributed by atoms with Crippen LogP contribution in [0.15, 0.2) is 17.3 Å². The molecule has 0 aromatic carbocycles. The summed E-state index contributed by atoms with van der Waals surface area (Å²) in [5, 5.41) is 0.0227. The number of aromatic nitrogens is 2. The molecule has 1 aromatic heterocycles. The first-order chi connectivity index (χ1) is 9.08. The highest BCUT2D eigenvalue weighted by atomic mass is 35.5. The summed E-state index contributed by atoms with van der Waals surface area (Å²) in [5.41, 5.74) is 0. The van der Waals surface area contributed by atoms with Crippen LogP contribution in [-0.2, 0) is 14.8 Å². The summed E-state index contributed by atoms with van der Waals surface area (Å²) in [4.78, 5) is 7.32. The van der Waals surface area contributed by atoms with Gasteiger partial charge in [-0.05, 0) is 37.3 Å².